The summed E-state index contributed by atoms with van der Waals surface area (Å²) in [5, 5.41) is 4.96. The minimum Gasteiger partial charge on any atom is -0.225 e. The Kier molecular flexibility index (Phi) is 3.92. The Balaban J connectivity index is 2.79. The summed E-state index contributed by atoms with van der Waals surface area (Å²) in [6, 6.07) is 6.54. The van der Waals surface area contributed by atoms with Gasteiger partial charge in [-0.1, -0.05) is 12.1 Å². The molecule has 0 aliphatic rings. The monoisotopic (exact) mass is 233 g/mol. The van der Waals surface area contributed by atoms with Crippen LogP contribution >= 0.6 is 11.6 Å². The maximum absolute atomic E-state index is 10.9. The fraction of sp³-hybridized carbons (Fsp3) is 0.333. The van der Waals surface area contributed by atoms with E-state index in [-0.39, 0.29) is 4.90 Å². The maximum Gasteiger partial charge on any atom is 0.238 e. The van der Waals surface area contributed by atoms with E-state index in [1.165, 1.54) is 12.1 Å². The molecule has 1 aromatic rings. The molecule has 0 unspecified atom stereocenters. The van der Waals surface area contributed by atoms with Crippen molar-refractivity contribution in [1.29, 1.82) is 0 Å². The van der Waals surface area contributed by atoms with Crippen molar-refractivity contribution in [1.82, 2.24) is 0 Å². The molecule has 0 bridgehead atoms. The second kappa shape index (κ2) is 4.77. The lowest BCUT2D eigenvalue weighted by molar-refractivity contribution is 0.598. The molecule has 78 valence electrons. The summed E-state index contributed by atoms with van der Waals surface area (Å²) in [6.45, 7) is 0. The van der Waals surface area contributed by atoms with Crippen LogP contribution in [0.3, 0.4) is 0 Å². The Bertz CT molecular complexity index is 386. The van der Waals surface area contributed by atoms with Gasteiger partial charge in [0.25, 0.3) is 0 Å². The van der Waals surface area contributed by atoms with Crippen LogP contribution in [0.5, 0.6) is 0 Å². The summed E-state index contributed by atoms with van der Waals surface area (Å²) in [4.78, 5) is 0.145. The van der Waals surface area contributed by atoms with Crippen molar-refractivity contribution >= 4 is 21.6 Å². The average Bonchev–Trinajstić information content (AvgIpc) is 2.14. The zero-order valence-electron chi connectivity index (χ0n) is 7.61. The molecule has 3 nitrogen and oxygen atoms in total. The summed E-state index contributed by atoms with van der Waals surface area (Å²) < 4.78 is 21.8. The van der Waals surface area contributed by atoms with E-state index in [1.807, 2.05) is 0 Å². The third-order valence-corrected chi connectivity index (χ3v) is 3.05. The molecule has 1 rings (SSSR count). The van der Waals surface area contributed by atoms with Crippen LogP contribution < -0.4 is 5.14 Å². The van der Waals surface area contributed by atoms with Crippen molar-refractivity contribution in [3.8, 4) is 0 Å². The van der Waals surface area contributed by atoms with Crippen LogP contribution in [0.4, 0.5) is 0 Å². The van der Waals surface area contributed by atoms with Crippen molar-refractivity contribution < 1.29 is 8.42 Å². The van der Waals surface area contributed by atoms with Gasteiger partial charge in [-0.2, -0.15) is 0 Å². The predicted octanol–water partition coefficient (Wildman–Crippen LogP) is 1.51. The number of primary sulfonamides is 1. The Morgan fingerprint density at radius 3 is 2.21 bits per heavy atom. The molecule has 0 aliphatic heterocycles. The molecule has 0 fully saturated rings. The van der Waals surface area contributed by atoms with Gasteiger partial charge in [-0.3, -0.25) is 0 Å². The predicted molar refractivity (Wildman–Crippen MR) is 56.9 cm³/mol. The number of sulfonamides is 1. The topological polar surface area (TPSA) is 60.2 Å². The lowest BCUT2D eigenvalue weighted by Gasteiger charge is -2.01. The smallest absolute Gasteiger partial charge is 0.225 e. The van der Waals surface area contributed by atoms with Crippen LogP contribution in [0.1, 0.15) is 12.0 Å². The zero-order chi connectivity index (χ0) is 10.6. The highest BCUT2D eigenvalue weighted by Gasteiger charge is 2.06. The van der Waals surface area contributed by atoms with Crippen LogP contribution in [0.15, 0.2) is 29.2 Å². The number of alkyl halides is 1. The van der Waals surface area contributed by atoms with Gasteiger partial charge in [0.05, 0.1) is 4.90 Å². The van der Waals surface area contributed by atoms with E-state index in [9.17, 15) is 8.42 Å². The van der Waals surface area contributed by atoms with Gasteiger partial charge in [0.1, 0.15) is 0 Å². The highest BCUT2D eigenvalue weighted by Crippen LogP contribution is 2.10. The number of benzene rings is 1. The number of halogens is 1. The highest BCUT2D eigenvalue weighted by atomic mass is 35.5. The molecule has 5 heteroatoms. The molecule has 0 saturated carbocycles. The SMILES string of the molecule is NS(=O)(=O)c1ccc(CCCCl)cc1. The van der Waals surface area contributed by atoms with E-state index in [2.05, 4.69) is 0 Å². The molecule has 0 amide bonds. The number of hydrogen-bond acceptors (Lipinski definition) is 2. The molecule has 0 radical (unpaired) electrons. The Morgan fingerprint density at radius 1 is 1.21 bits per heavy atom. The van der Waals surface area contributed by atoms with Gasteiger partial charge in [-0.25, -0.2) is 13.6 Å². The van der Waals surface area contributed by atoms with E-state index < -0.39 is 10.0 Å². The molecule has 0 spiro atoms. The maximum atomic E-state index is 10.9. The first-order valence-corrected chi connectivity index (χ1v) is 6.30. The molecule has 0 aliphatic carbocycles. The van der Waals surface area contributed by atoms with Gasteiger partial charge in [-0.05, 0) is 30.5 Å². The minimum absolute atomic E-state index is 0.145. The van der Waals surface area contributed by atoms with E-state index in [4.69, 9.17) is 16.7 Å². The van der Waals surface area contributed by atoms with Crippen LogP contribution in [-0.2, 0) is 16.4 Å². The van der Waals surface area contributed by atoms with E-state index in [0.29, 0.717) is 5.88 Å². The molecule has 14 heavy (non-hydrogen) atoms. The molecule has 0 heterocycles. The first-order chi connectivity index (χ1) is 6.54. The summed E-state index contributed by atoms with van der Waals surface area (Å²) in [6.07, 6.45) is 1.74. The van der Waals surface area contributed by atoms with E-state index in [1.54, 1.807) is 12.1 Å². The highest BCUT2D eigenvalue weighted by molar-refractivity contribution is 7.89. The summed E-state index contributed by atoms with van der Waals surface area (Å²) >= 11 is 5.54. The largest absolute Gasteiger partial charge is 0.238 e. The Hall–Kier alpha value is -0.580. The van der Waals surface area contributed by atoms with Crippen LogP contribution in [0.25, 0.3) is 0 Å². The van der Waals surface area contributed by atoms with E-state index in [0.717, 1.165) is 18.4 Å². The van der Waals surface area contributed by atoms with Gasteiger partial charge >= 0.3 is 0 Å². The van der Waals surface area contributed by atoms with Crippen LogP contribution in [0.2, 0.25) is 0 Å². The van der Waals surface area contributed by atoms with Crippen molar-refractivity contribution in [2.45, 2.75) is 17.7 Å². The standard InChI is InChI=1S/C9H12ClNO2S/c10-7-1-2-8-3-5-9(6-4-8)14(11,12)13/h3-6H,1-2,7H2,(H2,11,12,13). The number of aryl methyl sites for hydroxylation is 1. The molecule has 0 aromatic heterocycles. The third kappa shape index (κ3) is 3.29. The van der Waals surface area contributed by atoms with Crippen molar-refractivity contribution in [3.63, 3.8) is 0 Å². The lowest BCUT2D eigenvalue weighted by atomic mass is 10.1. The van der Waals surface area contributed by atoms with Gasteiger partial charge in [0.2, 0.25) is 10.0 Å². The second-order valence-electron chi connectivity index (χ2n) is 2.98. The molecule has 0 atom stereocenters. The molecular weight excluding hydrogens is 222 g/mol. The fourth-order valence-electron chi connectivity index (χ4n) is 1.12. The quantitative estimate of drug-likeness (QED) is 0.802. The molecular formula is C9H12ClNO2S. The number of nitrogens with two attached hydrogens (primary N) is 1. The van der Waals surface area contributed by atoms with Gasteiger partial charge in [-0.15, -0.1) is 11.6 Å². The minimum atomic E-state index is -3.57. The molecule has 2 N–H and O–H groups in total. The Morgan fingerprint density at radius 2 is 1.79 bits per heavy atom. The van der Waals surface area contributed by atoms with Gasteiger partial charge in [0, 0.05) is 5.88 Å². The second-order valence-corrected chi connectivity index (χ2v) is 4.92. The normalized spacial score (nSPS) is 11.6. The van der Waals surface area contributed by atoms with Crippen LogP contribution in [-0.4, -0.2) is 14.3 Å². The zero-order valence-corrected chi connectivity index (χ0v) is 9.18. The fourth-order valence-corrected chi connectivity index (χ4v) is 1.77. The van der Waals surface area contributed by atoms with Gasteiger partial charge < -0.3 is 0 Å². The number of rotatable bonds is 4. The van der Waals surface area contributed by atoms with E-state index >= 15 is 0 Å². The van der Waals surface area contributed by atoms with Crippen molar-refractivity contribution in [2.75, 3.05) is 5.88 Å². The Labute approximate surface area is 88.9 Å². The first-order valence-electron chi connectivity index (χ1n) is 4.22. The van der Waals surface area contributed by atoms with Crippen LogP contribution in [0, 0.1) is 0 Å². The summed E-state index contributed by atoms with van der Waals surface area (Å²) in [7, 11) is -3.57. The van der Waals surface area contributed by atoms with Gasteiger partial charge in [0.15, 0.2) is 0 Å². The molecule has 1 aromatic carbocycles. The average molecular weight is 234 g/mol. The lowest BCUT2D eigenvalue weighted by Crippen LogP contribution is -2.11. The number of hydrogen-bond donors (Lipinski definition) is 1. The third-order valence-electron chi connectivity index (χ3n) is 1.85. The molecule has 0 saturated heterocycles. The van der Waals surface area contributed by atoms with Crippen molar-refractivity contribution in [3.05, 3.63) is 29.8 Å². The summed E-state index contributed by atoms with van der Waals surface area (Å²) in [5.41, 5.74) is 1.07. The first kappa shape index (κ1) is 11.5. The summed E-state index contributed by atoms with van der Waals surface area (Å²) in [5.74, 6) is 0.608. The van der Waals surface area contributed by atoms with Crippen molar-refractivity contribution in [2.24, 2.45) is 5.14 Å².